The number of para-hydroxylation sites is 1. The van der Waals surface area contributed by atoms with Gasteiger partial charge in [0.1, 0.15) is 18.1 Å². The van der Waals surface area contributed by atoms with Gasteiger partial charge in [0, 0.05) is 41.6 Å². The molecule has 0 bridgehead atoms. The van der Waals surface area contributed by atoms with Crippen LogP contribution in [0.2, 0.25) is 0 Å². The largest absolute Gasteiger partial charge is 0.487 e. The van der Waals surface area contributed by atoms with Gasteiger partial charge in [-0.25, -0.2) is 4.98 Å². The Kier molecular flexibility index (Phi) is 5.85. The molecule has 5 nitrogen and oxygen atoms in total. The van der Waals surface area contributed by atoms with Gasteiger partial charge in [0.25, 0.3) is 0 Å². The molecule has 0 saturated carbocycles. The van der Waals surface area contributed by atoms with Crippen LogP contribution in [-0.2, 0) is 13.2 Å². The number of nitrogens with zero attached hydrogens (tertiary/aromatic N) is 4. The molecule has 0 spiro atoms. The highest BCUT2D eigenvalue weighted by Gasteiger charge is 2.14. The molecule has 0 fully saturated rings. The number of hydrogen-bond donors (Lipinski definition) is 0. The predicted molar refractivity (Wildman–Crippen MR) is 132 cm³/mol. The lowest BCUT2D eigenvalue weighted by molar-refractivity contribution is 0.302. The normalized spacial score (nSPS) is 11.2. The first-order chi connectivity index (χ1) is 16.2. The van der Waals surface area contributed by atoms with Crippen molar-refractivity contribution in [3.05, 3.63) is 97.1 Å². The van der Waals surface area contributed by atoms with E-state index in [1.165, 1.54) is 0 Å². The van der Waals surface area contributed by atoms with E-state index in [0.717, 1.165) is 51.3 Å². The molecule has 33 heavy (non-hydrogen) atoms. The summed E-state index contributed by atoms with van der Waals surface area (Å²) < 4.78 is 8.04. The number of benzene rings is 2. The van der Waals surface area contributed by atoms with Crippen LogP contribution in [0, 0.1) is 5.92 Å². The number of hydrogen-bond acceptors (Lipinski definition) is 4. The summed E-state index contributed by atoms with van der Waals surface area (Å²) in [6, 6.07) is 24.4. The van der Waals surface area contributed by atoms with Gasteiger partial charge in [0.2, 0.25) is 0 Å². The summed E-state index contributed by atoms with van der Waals surface area (Å²) >= 11 is 0. The third-order valence-electron chi connectivity index (χ3n) is 5.48. The molecule has 2 aromatic carbocycles. The van der Waals surface area contributed by atoms with Gasteiger partial charge in [-0.05, 0) is 60.0 Å². The maximum atomic E-state index is 6.01. The summed E-state index contributed by atoms with van der Waals surface area (Å²) in [4.78, 5) is 8.84. The topological polar surface area (TPSA) is 52.8 Å². The first-order valence-corrected chi connectivity index (χ1v) is 11.2. The van der Waals surface area contributed by atoms with Crippen LogP contribution < -0.4 is 4.74 Å². The first-order valence-electron chi connectivity index (χ1n) is 11.2. The zero-order chi connectivity index (χ0) is 22.6. The highest BCUT2D eigenvalue weighted by molar-refractivity contribution is 5.80. The number of pyridine rings is 2. The van der Waals surface area contributed by atoms with E-state index in [-0.39, 0.29) is 0 Å². The molecule has 5 heteroatoms. The SMILES string of the molecule is CC(C)Cn1cc(-c2ccncc2)c(-c2ccc(OCc3ccc4ccccc4n3)cc2)n1. The first kappa shape index (κ1) is 20.9. The minimum Gasteiger partial charge on any atom is -0.487 e. The molecule has 0 aliphatic carbocycles. The Labute approximate surface area is 193 Å². The Hall–Kier alpha value is -3.99. The van der Waals surface area contributed by atoms with Crippen molar-refractivity contribution in [2.75, 3.05) is 0 Å². The number of rotatable bonds is 7. The molecule has 0 aliphatic heterocycles. The van der Waals surface area contributed by atoms with E-state index in [1.54, 1.807) is 0 Å². The van der Waals surface area contributed by atoms with Gasteiger partial charge < -0.3 is 4.74 Å². The second-order valence-electron chi connectivity index (χ2n) is 8.55. The molecule has 0 N–H and O–H groups in total. The predicted octanol–water partition coefficient (Wildman–Crippen LogP) is 6.40. The van der Waals surface area contributed by atoms with Crippen LogP contribution >= 0.6 is 0 Å². The van der Waals surface area contributed by atoms with E-state index < -0.39 is 0 Å². The number of fused-ring (bicyclic) bond motifs is 1. The van der Waals surface area contributed by atoms with Crippen molar-refractivity contribution < 1.29 is 4.74 Å². The smallest absolute Gasteiger partial charge is 0.130 e. The zero-order valence-corrected chi connectivity index (χ0v) is 18.8. The molecule has 0 saturated heterocycles. The molecule has 3 aromatic heterocycles. The fourth-order valence-corrected chi connectivity index (χ4v) is 3.90. The fraction of sp³-hybridized carbons (Fsp3) is 0.179. The molecule has 0 unspecified atom stereocenters. The Balaban J connectivity index is 1.36. The summed E-state index contributed by atoms with van der Waals surface area (Å²) in [5.74, 6) is 1.32. The molecule has 164 valence electrons. The third kappa shape index (κ3) is 4.77. The molecule has 3 heterocycles. The standard InChI is InChI=1S/C28H26N4O/c1-20(2)17-32-18-26(21-13-15-29-16-14-21)28(31-32)23-8-11-25(12-9-23)33-19-24-10-7-22-5-3-4-6-27(22)30-24/h3-16,18,20H,17,19H2,1-2H3. The van der Waals surface area contributed by atoms with Gasteiger partial charge in [-0.2, -0.15) is 5.10 Å². The van der Waals surface area contributed by atoms with Crippen LogP contribution in [0.15, 0.2) is 91.4 Å². The molecule has 0 amide bonds. The lowest BCUT2D eigenvalue weighted by Crippen LogP contribution is -2.04. The van der Waals surface area contributed by atoms with Crippen molar-refractivity contribution in [3.63, 3.8) is 0 Å². The van der Waals surface area contributed by atoms with Crippen molar-refractivity contribution in [2.45, 2.75) is 27.0 Å². The van der Waals surface area contributed by atoms with E-state index in [2.05, 4.69) is 54.3 Å². The summed E-state index contributed by atoms with van der Waals surface area (Å²) in [6.07, 6.45) is 5.76. The van der Waals surface area contributed by atoms with Crippen molar-refractivity contribution in [2.24, 2.45) is 5.92 Å². The minimum atomic E-state index is 0.426. The zero-order valence-electron chi connectivity index (χ0n) is 18.8. The van der Waals surface area contributed by atoms with Crippen molar-refractivity contribution in [1.82, 2.24) is 19.7 Å². The fourth-order valence-electron chi connectivity index (χ4n) is 3.90. The Morgan fingerprint density at radius 2 is 1.64 bits per heavy atom. The van der Waals surface area contributed by atoms with Gasteiger partial charge >= 0.3 is 0 Å². The van der Waals surface area contributed by atoms with E-state index in [9.17, 15) is 0 Å². The van der Waals surface area contributed by atoms with Crippen LogP contribution in [0.4, 0.5) is 0 Å². The second-order valence-corrected chi connectivity index (χ2v) is 8.55. The van der Waals surface area contributed by atoms with Crippen LogP contribution in [0.3, 0.4) is 0 Å². The monoisotopic (exact) mass is 434 g/mol. The average molecular weight is 435 g/mol. The maximum Gasteiger partial charge on any atom is 0.130 e. The summed E-state index contributed by atoms with van der Waals surface area (Å²) in [6.45, 7) is 5.70. The summed E-state index contributed by atoms with van der Waals surface area (Å²) in [7, 11) is 0. The molecule has 0 aliphatic rings. The molecule has 0 atom stereocenters. The third-order valence-corrected chi connectivity index (χ3v) is 5.48. The summed E-state index contributed by atoms with van der Waals surface area (Å²) in [5, 5.41) is 6.03. The maximum absolute atomic E-state index is 6.01. The molecular weight excluding hydrogens is 408 g/mol. The van der Waals surface area contributed by atoms with E-state index in [0.29, 0.717) is 12.5 Å². The molecular formula is C28H26N4O. The number of aromatic nitrogens is 4. The van der Waals surface area contributed by atoms with Crippen molar-refractivity contribution in [1.29, 1.82) is 0 Å². The van der Waals surface area contributed by atoms with Crippen LogP contribution in [0.25, 0.3) is 33.3 Å². The Bertz CT molecular complexity index is 1360. The van der Waals surface area contributed by atoms with Gasteiger partial charge in [0.05, 0.1) is 11.2 Å². The second kappa shape index (κ2) is 9.25. The van der Waals surface area contributed by atoms with E-state index in [4.69, 9.17) is 9.84 Å². The molecule has 0 radical (unpaired) electrons. The highest BCUT2D eigenvalue weighted by atomic mass is 16.5. The van der Waals surface area contributed by atoms with E-state index in [1.807, 2.05) is 65.6 Å². The Morgan fingerprint density at radius 3 is 2.42 bits per heavy atom. The van der Waals surface area contributed by atoms with Crippen LogP contribution in [0.5, 0.6) is 5.75 Å². The van der Waals surface area contributed by atoms with Crippen LogP contribution in [-0.4, -0.2) is 19.7 Å². The lowest BCUT2D eigenvalue weighted by Gasteiger charge is -2.08. The van der Waals surface area contributed by atoms with Crippen LogP contribution in [0.1, 0.15) is 19.5 Å². The van der Waals surface area contributed by atoms with E-state index >= 15 is 0 Å². The molecule has 5 aromatic rings. The van der Waals surface area contributed by atoms with Gasteiger partial charge in [-0.3, -0.25) is 9.67 Å². The van der Waals surface area contributed by atoms with Crippen molar-refractivity contribution in [3.8, 4) is 28.1 Å². The minimum absolute atomic E-state index is 0.426. The van der Waals surface area contributed by atoms with Crippen molar-refractivity contribution >= 4 is 10.9 Å². The molecule has 5 rings (SSSR count). The lowest BCUT2D eigenvalue weighted by atomic mass is 10.0. The van der Waals surface area contributed by atoms with Gasteiger partial charge in [0.15, 0.2) is 0 Å². The van der Waals surface area contributed by atoms with Gasteiger partial charge in [-0.15, -0.1) is 0 Å². The quantitative estimate of drug-likeness (QED) is 0.298. The highest BCUT2D eigenvalue weighted by Crippen LogP contribution is 2.32. The van der Waals surface area contributed by atoms with Gasteiger partial charge in [-0.1, -0.05) is 38.1 Å². The summed E-state index contributed by atoms with van der Waals surface area (Å²) in [5.41, 5.74) is 6.12. The number of ether oxygens (including phenoxy) is 1. The Morgan fingerprint density at radius 1 is 0.848 bits per heavy atom. The average Bonchev–Trinajstić information content (AvgIpc) is 3.26.